The van der Waals surface area contributed by atoms with E-state index in [2.05, 4.69) is 33.8 Å². The molecule has 0 saturated carbocycles. The summed E-state index contributed by atoms with van der Waals surface area (Å²) in [5.41, 5.74) is 7.00. The van der Waals surface area contributed by atoms with Gasteiger partial charge in [-0.25, -0.2) is 14.4 Å². The number of carbonyl (C=O) groups is 1. The van der Waals surface area contributed by atoms with Crippen LogP contribution in [0.3, 0.4) is 0 Å². The second kappa shape index (κ2) is 8.85. The number of benzene rings is 1. The quantitative estimate of drug-likeness (QED) is 0.532. The van der Waals surface area contributed by atoms with E-state index in [0.717, 1.165) is 25.9 Å². The molecule has 10 heteroatoms. The normalized spacial score (nSPS) is 14.9. The van der Waals surface area contributed by atoms with Crippen molar-refractivity contribution in [1.29, 1.82) is 0 Å². The average molecular weight is 444 g/mol. The van der Waals surface area contributed by atoms with Crippen molar-refractivity contribution in [2.75, 3.05) is 39.5 Å². The predicted molar refractivity (Wildman–Crippen MR) is 120 cm³/mol. The summed E-state index contributed by atoms with van der Waals surface area (Å²) in [4.78, 5) is 25.5. The summed E-state index contributed by atoms with van der Waals surface area (Å²) in [7, 11) is 3.27. The van der Waals surface area contributed by atoms with E-state index in [0.29, 0.717) is 41.4 Å². The minimum absolute atomic E-state index is 0.103. The maximum atomic E-state index is 14.2. The van der Waals surface area contributed by atoms with Gasteiger partial charge in [-0.2, -0.15) is 4.52 Å². The molecule has 0 bridgehead atoms. The number of ether oxygens (including phenoxy) is 1. The Hall–Kier alpha value is -3.01. The van der Waals surface area contributed by atoms with Gasteiger partial charge in [0, 0.05) is 50.6 Å². The SMILES string of the molecule is COc1cc2nc(N)n3nc(CCCCN(C)C(=O)C4CN(C(C)C)C4)nc3c2cc1F. The van der Waals surface area contributed by atoms with Gasteiger partial charge in [-0.05, 0) is 32.8 Å². The summed E-state index contributed by atoms with van der Waals surface area (Å²) in [5, 5.41) is 4.97. The Balaban J connectivity index is 1.37. The Kier molecular flexibility index (Phi) is 6.14. The minimum Gasteiger partial charge on any atom is -0.494 e. The van der Waals surface area contributed by atoms with Gasteiger partial charge in [-0.15, -0.1) is 5.10 Å². The highest BCUT2D eigenvalue weighted by atomic mass is 19.1. The third kappa shape index (κ3) is 4.19. The predicted octanol–water partition coefficient (Wildman–Crippen LogP) is 2.13. The zero-order valence-corrected chi connectivity index (χ0v) is 19.0. The molecular formula is C22H30FN7O2. The third-order valence-corrected chi connectivity index (χ3v) is 6.12. The highest BCUT2D eigenvalue weighted by molar-refractivity contribution is 5.93. The van der Waals surface area contributed by atoms with Gasteiger partial charge < -0.3 is 15.4 Å². The van der Waals surface area contributed by atoms with E-state index < -0.39 is 5.82 Å². The molecule has 172 valence electrons. The molecule has 2 aromatic heterocycles. The number of anilines is 1. The topological polar surface area (TPSA) is 102 Å². The molecule has 1 amide bonds. The van der Waals surface area contributed by atoms with Crippen LogP contribution in [0.2, 0.25) is 0 Å². The molecule has 1 aromatic carbocycles. The first-order valence-electron chi connectivity index (χ1n) is 11.0. The van der Waals surface area contributed by atoms with Gasteiger partial charge in [0.15, 0.2) is 23.0 Å². The fourth-order valence-corrected chi connectivity index (χ4v) is 4.08. The van der Waals surface area contributed by atoms with Crippen LogP contribution >= 0.6 is 0 Å². The molecule has 0 aliphatic carbocycles. The second-order valence-electron chi connectivity index (χ2n) is 8.70. The van der Waals surface area contributed by atoms with Crippen molar-refractivity contribution in [3.05, 3.63) is 23.8 Å². The molecule has 1 aliphatic rings. The van der Waals surface area contributed by atoms with E-state index in [1.807, 2.05) is 11.9 Å². The van der Waals surface area contributed by atoms with Crippen LogP contribution in [-0.2, 0) is 11.2 Å². The van der Waals surface area contributed by atoms with Gasteiger partial charge in [-0.3, -0.25) is 9.69 Å². The molecule has 1 saturated heterocycles. The van der Waals surface area contributed by atoms with Gasteiger partial charge in [0.05, 0.1) is 18.5 Å². The van der Waals surface area contributed by atoms with Crippen molar-refractivity contribution in [3.8, 4) is 5.75 Å². The van der Waals surface area contributed by atoms with Crippen LogP contribution in [0.25, 0.3) is 16.6 Å². The fourth-order valence-electron chi connectivity index (χ4n) is 4.08. The van der Waals surface area contributed by atoms with E-state index in [1.165, 1.54) is 23.8 Å². The van der Waals surface area contributed by atoms with Crippen molar-refractivity contribution in [2.24, 2.45) is 5.92 Å². The summed E-state index contributed by atoms with van der Waals surface area (Å²) in [6, 6.07) is 3.34. The summed E-state index contributed by atoms with van der Waals surface area (Å²) >= 11 is 0. The van der Waals surface area contributed by atoms with E-state index in [1.54, 1.807) is 0 Å². The van der Waals surface area contributed by atoms with Crippen LogP contribution in [-0.4, -0.2) is 75.1 Å². The first kappa shape index (κ1) is 22.2. The molecular weight excluding hydrogens is 413 g/mol. The number of likely N-dealkylation sites (tertiary alicyclic amines) is 1. The number of nitrogen functional groups attached to an aromatic ring is 1. The molecule has 3 heterocycles. The lowest BCUT2D eigenvalue weighted by atomic mass is 9.96. The summed E-state index contributed by atoms with van der Waals surface area (Å²) in [5.74, 6) is 0.740. The Morgan fingerprint density at radius 1 is 1.31 bits per heavy atom. The monoisotopic (exact) mass is 443 g/mol. The number of hydrogen-bond donors (Lipinski definition) is 1. The van der Waals surface area contributed by atoms with Crippen molar-refractivity contribution in [1.82, 2.24) is 29.4 Å². The standard InChI is InChI=1S/C22H30FN7O2/c1-13(2)29-11-14(12-29)21(31)28(3)8-6-5-7-19-26-20-15-9-16(23)18(32-4)10-17(15)25-22(24)30(20)27-19/h9-10,13-14H,5-8,11-12H2,1-4H3,(H2,24,25). The smallest absolute Gasteiger partial charge is 0.228 e. The molecule has 0 spiro atoms. The summed E-state index contributed by atoms with van der Waals surface area (Å²) < 4.78 is 20.7. The van der Waals surface area contributed by atoms with Crippen LogP contribution in [0, 0.1) is 11.7 Å². The molecule has 9 nitrogen and oxygen atoms in total. The Labute approximate surface area is 186 Å². The summed E-state index contributed by atoms with van der Waals surface area (Å²) in [6.45, 7) is 6.70. The number of halogens is 1. The molecule has 1 aliphatic heterocycles. The van der Waals surface area contributed by atoms with E-state index in [-0.39, 0.29) is 23.5 Å². The lowest BCUT2D eigenvalue weighted by molar-refractivity contribution is -0.140. The Morgan fingerprint density at radius 3 is 2.75 bits per heavy atom. The van der Waals surface area contributed by atoms with Crippen LogP contribution in [0.5, 0.6) is 5.75 Å². The lowest BCUT2D eigenvalue weighted by Gasteiger charge is -2.42. The maximum Gasteiger partial charge on any atom is 0.228 e. The van der Waals surface area contributed by atoms with Gasteiger partial charge in [0.2, 0.25) is 11.9 Å². The van der Waals surface area contributed by atoms with E-state index in [9.17, 15) is 9.18 Å². The van der Waals surface area contributed by atoms with Crippen molar-refractivity contribution in [3.63, 3.8) is 0 Å². The number of nitrogens with two attached hydrogens (primary N) is 1. The number of aromatic nitrogens is 4. The molecule has 0 atom stereocenters. The molecule has 1 fully saturated rings. The highest BCUT2D eigenvalue weighted by Crippen LogP contribution is 2.27. The number of unbranched alkanes of at least 4 members (excludes halogenated alkanes) is 1. The van der Waals surface area contributed by atoms with Gasteiger partial charge >= 0.3 is 0 Å². The van der Waals surface area contributed by atoms with Crippen molar-refractivity contribution in [2.45, 2.75) is 39.2 Å². The first-order valence-corrected chi connectivity index (χ1v) is 11.0. The van der Waals surface area contributed by atoms with Gasteiger partial charge in [0.25, 0.3) is 0 Å². The number of hydrogen-bond acceptors (Lipinski definition) is 7. The maximum absolute atomic E-state index is 14.2. The Bertz CT molecular complexity index is 1140. The zero-order chi connectivity index (χ0) is 23.0. The first-order chi connectivity index (χ1) is 15.3. The molecule has 0 unspecified atom stereocenters. The second-order valence-corrected chi connectivity index (χ2v) is 8.70. The average Bonchev–Trinajstić information content (AvgIpc) is 3.15. The summed E-state index contributed by atoms with van der Waals surface area (Å²) in [6.07, 6.45) is 2.30. The molecule has 0 radical (unpaired) electrons. The highest BCUT2D eigenvalue weighted by Gasteiger charge is 2.35. The van der Waals surface area contributed by atoms with Crippen LogP contribution < -0.4 is 10.5 Å². The number of nitrogens with zero attached hydrogens (tertiary/aromatic N) is 6. The number of carbonyl (C=O) groups excluding carboxylic acids is 1. The van der Waals surface area contributed by atoms with Crippen LogP contribution in [0.15, 0.2) is 12.1 Å². The largest absolute Gasteiger partial charge is 0.494 e. The number of amides is 1. The van der Waals surface area contributed by atoms with Crippen molar-refractivity contribution >= 4 is 28.4 Å². The van der Waals surface area contributed by atoms with Crippen LogP contribution in [0.4, 0.5) is 10.3 Å². The minimum atomic E-state index is -0.492. The molecule has 32 heavy (non-hydrogen) atoms. The zero-order valence-electron chi connectivity index (χ0n) is 19.0. The lowest BCUT2D eigenvalue weighted by Crippen LogP contribution is -2.56. The number of methoxy groups -OCH3 is 1. The van der Waals surface area contributed by atoms with Gasteiger partial charge in [-0.1, -0.05) is 0 Å². The number of aryl methyl sites for hydroxylation is 1. The van der Waals surface area contributed by atoms with E-state index in [4.69, 9.17) is 10.5 Å². The third-order valence-electron chi connectivity index (χ3n) is 6.12. The van der Waals surface area contributed by atoms with Crippen molar-refractivity contribution < 1.29 is 13.9 Å². The number of rotatable bonds is 8. The molecule has 2 N–H and O–H groups in total. The van der Waals surface area contributed by atoms with Gasteiger partial charge in [0.1, 0.15) is 0 Å². The fraction of sp³-hybridized carbons (Fsp3) is 0.545. The molecule has 4 rings (SSSR count). The number of fused-ring (bicyclic) bond motifs is 3. The Morgan fingerprint density at radius 2 is 2.06 bits per heavy atom. The van der Waals surface area contributed by atoms with E-state index >= 15 is 0 Å². The van der Waals surface area contributed by atoms with Crippen LogP contribution in [0.1, 0.15) is 32.5 Å². The molecule has 3 aromatic rings.